The first kappa shape index (κ1) is 82.8. The molecule has 15 aromatic rings. The van der Waals surface area contributed by atoms with Crippen molar-refractivity contribution in [2.45, 2.75) is 210 Å². The Bertz CT molecular complexity index is 6110. The van der Waals surface area contributed by atoms with Gasteiger partial charge in [0.15, 0.2) is 31.0 Å². The van der Waals surface area contributed by atoms with Crippen molar-refractivity contribution in [3.63, 3.8) is 0 Å². The number of rotatable bonds is 10. The van der Waals surface area contributed by atoms with Crippen LogP contribution in [0.4, 0.5) is 0 Å². The first-order valence-corrected chi connectivity index (χ1v) is 43.8. The van der Waals surface area contributed by atoms with E-state index in [1.54, 1.807) is 11.1 Å². The molecule has 0 saturated heterocycles. The fourth-order valence-electron chi connectivity index (χ4n) is 19.7. The van der Waals surface area contributed by atoms with Crippen molar-refractivity contribution in [3.8, 4) is 56.3 Å². The fourth-order valence-corrected chi connectivity index (χ4v) is 19.7. The van der Waals surface area contributed by atoms with Gasteiger partial charge in [0.05, 0.1) is 43.6 Å². The molecule has 3 saturated carbocycles. The average molecular weight is 1540 g/mol. The zero-order chi connectivity index (χ0) is 82.6. The first-order chi connectivity index (χ1) is 56.3. The zero-order valence-electron chi connectivity index (χ0n) is 74.1. The molecule has 10 aromatic carbocycles. The zero-order valence-corrected chi connectivity index (χ0v) is 74.1. The van der Waals surface area contributed by atoms with Crippen molar-refractivity contribution in [3.05, 3.63) is 326 Å². The van der Waals surface area contributed by atoms with Crippen molar-refractivity contribution >= 4 is 53.9 Å². The molecule has 5 heteroatoms. The fraction of sp³-hybridized carbons (Fsp3) is 0.330. The minimum atomic E-state index is 0.546. The second-order valence-electron chi connectivity index (χ2n) is 35.7. The van der Waals surface area contributed by atoms with E-state index >= 15 is 0 Å². The highest BCUT2D eigenvalue weighted by Gasteiger charge is 2.30. The molecule has 3 fully saturated rings. The largest absolute Gasteiger partial charge is 0.220 e. The maximum Gasteiger partial charge on any atom is 0.220 e. The molecule has 0 bridgehead atoms. The Morgan fingerprint density at radius 1 is 0.256 bits per heavy atom. The minimum absolute atomic E-state index is 0.546. The van der Waals surface area contributed by atoms with Crippen LogP contribution in [-0.4, -0.2) is 0 Å². The van der Waals surface area contributed by atoms with E-state index in [4.69, 9.17) is 0 Å². The van der Waals surface area contributed by atoms with Gasteiger partial charge in [0.1, 0.15) is 35.2 Å². The summed E-state index contributed by atoms with van der Waals surface area (Å²) in [7, 11) is 10.8. The molecule has 117 heavy (non-hydrogen) atoms. The quantitative estimate of drug-likeness (QED) is 0.122. The lowest BCUT2D eigenvalue weighted by Crippen LogP contribution is -2.32. The molecule has 5 heterocycles. The Labute approximate surface area is 700 Å². The van der Waals surface area contributed by atoms with Crippen LogP contribution in [0, 0.1) is 76.2 Å². The lowest BCUT2D eigenvalue weighted by molar-refractivity contribution is -0.659. The second-order valence-corrected chi connectivity index (χ2v) is 35.7. The topological polar surface area (TPSA) is 19.4 Å². The summed E-state index contributed by atoms with van der Waals surface area (Å²) in [5.41, 5.74) is 35.7. The second kappa shape index (κ2) is 36.0. The SMILES string of the molecule is Cc1cc(C)c(C)c(-c2c3ccc(C4CCCC4)cc3cc[n+]2C)c1.Cc1cc(C)c(C)c(-c2c3cccc(C4CCCC4)c3cc[n+]2C)c1.Cc1cc(C)c(C)c(-c2c3ccccc3c(C3CCCC3)c[n+]2C)c1.Cc1ccccc1-c1c2cc(C(C)C)ccc2cc[n+]1C.Cc1ccccc1-c1c2ccc(C(C)C)cc2cc[n+]1C. The normalized spacial score (nSPS) is 13.8. The van der Waals surface area contributed by atoms with Gasteiger partial charge in [-0.25, -0.2) is 22.8 Å². The Kier molecular flexibility index (Phi) is 25.5. The van der Waals surface area contributed by atoms with Crippen LogP contribution >= 0.6 is 0 Å². The third-order valence-corrected chi connectivity index (χ3v) is 26.6. The smallest absolute Gasteiger partial charge is 0.200 e. The molecule has 0 spiro atoms. The third-order valence-electron chi connectivity index (χ3n) is 26.6. The lowest BCUT2D eigenvalue weighted by atomic mass is 9.89. The van der Waals surface area contributed by atoms with Gasteiger partial charge in [-0.3, -0.25) is 0 Å². The van der Waals surface area contributed by atoms with Crippen LogP contribution in [0.15, 0.2) is 237 Å². The van der Waals surface area contributed by atoms with E-state index in [1.807, 2.05) is 0 Å². The van der Waals surface area contributed by atoms with Gasteiger partial charge < -0.3 is 0 Å². The van der Waals surface area contributed by atoms with Crippen LogP contribution in [0.25, 0.3) is 110 Å². The Balaban J connectivity index is 0.000000121. The number of nitrogens with zero attached hydrogens (tertiary/aromatic N) is 5. The van der Waals surface area contributed by atoms with Gasteiger partial charge in [0, 0.05) is 41.0 Å². The van der Waals surface area contributed by atoms with Crippen LogP contribution in [0.2, 0.25) is 0 Å². The molecule has 0 amide bonds. The Morgan fingerprint density at radius 3 is 1.12 bits per heavy atom. The summed E-state index contributed by atoms with van der Waals surface area (Å²) in [6.45, 7) is 33.3. The highest BCUT2D eigenvalue weighted by atomic mass is 14.9. The van der Waals surface area contributed by atoms with Gasteiger partial charge in [-0.2, -0.15) is 0 Å². The highest BCUT2D eigenvalue weighted by molar-refractivity contribution is 5.99. The van der Waals surface area contributed by atoms with Gasteiger partial charge in [-0.15, -0.1) is 0 Å². The molecule has 0 unspecified atom stereocenters. The van der Waals surface area contributed by atoms with Crippen LogP contribution < -0.4 is 22.8 Å². The molecule has 0 radical (unpaired) electrons. The first-order valence-electron chi connectivity index (χ1n) is 43.8. The molecule has 3 aliphatic carbocycles. The van der Waals surface area contributed by atoms with Crippen molar-refractivity contribution in [2.75, 3.05) is 0 Å². The van der Waals surface area contributed by atoms with Gasteiger partial charge >= 0.3 is 0 Å². The van der Waals surface area contributed by atoms with Gasteiger partial charge in [0.25, 0.3) is 0 Å². The van der Waals surface area contributed by atoms with Crippen molar-refractivity contribution < 1.29 is 22.8 Å². The van der Waals surface area contributed by atoms with Crippen molar-refractivity contribution in [2.24, 2.45) is 35.2 Å². The molecule has 18 rings (SSSR count). The van der Waals surface area contributed by atoms with Gasteiger partial charge in [-0.05, 0) is 299 Å². The van der Waals surface area contributed by atoms with Crippen LogP contribution in [0.5, 0.6) is 0 Å². The molecule has 0 N–H and O–H groups in total. The summed E-state index contributed by atoms with van der Waals surface area (Å²) in [5.74, 6) is 3.34. The number of hydrogen-bond donors (Lipinski definition) is 0. The van der Waals surface area contributed by atoms with E-state index in [9.17, 15) is 0 Å². The van der Waals surface area contributed by atoms with E-state index in [2.05, 4.69) is 399 Å². The third kappa shape index (κ3) is 17.6. The van der Waals surface area contributed by atoms with E-state index in [0.717, 1.165) is 17.8 Å². The van der Waals surface area contributed by atoms with Crippen molar-refractivity contribution in [1.82, 2.24) is 0 Å². The predicted octanol–water partition coefficient (Wildman–Crippen LogP) is 27.3. The molecule has 0 atom stereocenters. The summed E-state index contributed by atoms with van der Waals surface area (Å²) in [4.78, 5) is 0. The molecule has 5 nitrogen and oxygen atoms in total. The molecular formula is C112H128N5+5. The predicted molar refractivity (Wildman–Crippen MR) is 497 cm³/mol. The Hall–Kier alpha value is -10.8. The maximum atomic E-state index is 2.44. The molecule has 0 aliphatic heterocycles. The lowest BCUT2D eigenvalue weighted by Gasteiger charge is -2.16. The summed E-state index contributed by atoms with van der Waals surface area (Å²) < 4.78 is 11.4. The Morgan fingerprint density at radius 2 is 0.624 bits per heavy atom. The standard InChI is InChI=1S/3C24H28N.2C20H22N/c1-16-13-17(2)18(3)22(14-16)24-21-12-8-7-11-20(21)23(15-25(24)4)19-9-5-6-10-19;1-16-14-17(2)18(3)23(15-16)24-22-11-7-10-20(19-8-5-6-9-19)21(22)12-13-25(24)4;1-16-13-17(2)18(3)23(14-16)24-22-10-9-20(19-7-5-6-8-19)15-21(22)11-12-25(24)4;1-14(2)16-9-10-19-17(13-16)11-12-21(4)20(19)18-8-6-5-7-15(18)3;1-14(2)17-10-9-16-11-12-21(4)20(19(16)13-17)18-8-6-5-7-15(18)3/h7-8,11-15,19H,5-6,9-10H2,1-4H3;7,10-15,19H,5-6,8-9H2,1-4H3;9-15,19H,5-8H2,1-4H3;2*5-14H,1-4H3/q5*+1. The molecule has 3 aliphatic rings. The maximum absolute atomic E-state index is 2.44. The van der Waals surface area contributed by atoms with Crippen LogP contribution in [-0.2, 0) is 35.2 Å². The molecule has 5 aromatic heterocycles. The van der Waals surface area contributed by atoms with E-state index < -0.39 is 0 Å². The number of benzene rings is 10. The summed E-state index contributed by atoms with van der Waals surface area (Å²) in [6, 6.07) is 76.9. The summed E-state index contributed by atoms with van der Waals surface area (Å²) in [5, 5.41) is 13.7. The number of hydrogen-bond acceptors (Lipinski definition) is 0. The van der Waals surface area contributed by atoms with Gasteiger partial charge in [-0.1, -0.05) is 204 Å². The summed E-state index contributed by atoms with van der Waals surface area (Å²) in [6.07, 6.45) is 27.5. The molecular weight excluding hydrogens is 1420 g/mol. The van der Waals surface area contributed by atoms with Crippen LogP contribution in [0.3, 0.4) is 0 Å². The number of pyridine rings is 5. The van der Waals surface area contributed by atoms with E-state index in [0.29, 0.717) is 11.8 Å². The number of fused-ring (bicyclic) bond motifs is 5. The van der Waals surface area contributed by atoms with Gasteiger partial charge in [0.2, 0.25) is 28.5 Å². The van der Waals surface area contributed by atoms with Crippen LogP contribution in [0.1, 0.15) is 223 Å². The molecule has 596 valence electrons. The highest BCUT2D eigenvalue weighted by Crippen LogP contribution is 2.44. The van der Waals surface area contributed by atoms with E-state index in [1.165, 1.54) is 265 Å². The average Bonchev–Trinajstić information content (AvgIpc) is 1.70. The summed E-state index contributed by atoms with van der Waals surface area (Å²) >= 11 is 0. The number of aromatic nitrogens is 5. The number of aryl methyl sites for hydroxylation is 13. The monoisotopic (exact) mass is 1540 g/mol. The minimum Gasteiger partial charge on any atom is -0.200 e. The van der Waals surface area contributed by atoms with E-state index in [-0.39, 0.29) is 0 Å². The van der Waals surface area contributed by atoms with Crippen molar-refractivity contribution in [1.29, 1.82) is 0 Å².